The molecule has 1 atom stereocenters. The van der Waals surface area contributed by atoms with Crippen LogP contribution in [0.15, 0.2) is 78.9 Å². The number of nitrogens with two attached hydrogens (primary N) is 1. The number of rotatable bonds is 7. The highest BCUT2D eigenvalue weighted by Crippen LogP contribution is 2.26. The molecule has 3 aromatic carbocycles. The molecule has 0 aromatic heterocycles. The standard InChI is InChI=1S/C26H27N3O3/c27-22-11-12-23-21(15-22)17-29(14-13-19-7-3-1-4-8-19)26(31)24(28-23)16-25(30)32-18-20-9-5-2-6-10-20/h1-12,15,24,28H,13-14,16-18,27H2. The maximum Gasteiger partial charge on any atom is 0.308 e. The van der Waals surface area contributed by atoms with E-state index in [2.05, 4.69) is 5.32 Å². The average molecular weight is 430 g/mol. The van der Waals surface area contributed by atoms with Gasteiger partial charge in [-0.3, -0.25) is 9.59 Å². The van der Waals surface area contributed by atoms with Crippen molar-refractivity contribution in [2.45, 2.75) is 32.0 Å². The van der Waals surface area contributed by atoms with Crippen molar-refractivity contribution in [1.29, 1.82) is 0 Å². The molecule has 1 amide bonds. The highest BCUT2D eigenvalue weighted by molar-refractivity contribution is 5.90. The number of hydrogen-bond acceptors (Lipinski definition) is 5. The molecular weight excluding hydrogens is 402 g/mol. The number of esters is 1. The lowest BCUT2D eigenvalue weighted by Gasteiger charge is -2.24. The van der Waals surface area contributed by atoms with E-state index in [9.17, 15) is 9.59 Å². The summed E-state index contributed by atoms with van der Waals surface area (Å²) in [4.78, 5) is 27.7. The van der Waals surface area contributed by atoms with Gasteiger partial charge < -0.3 is 20.7 Å². The van der Waals surface area contributed by atoms with Crippen molar-refractivity contribution in [2.75, 3.05) is 17.6 Å². The molecule has 1 aliphatic heterocycles. The molecule has 3 aromatic rings. The molecule has 0 spiro atoms. The summed E-state index contributed by atoms with van der Waals surface area (Å²) in [5.41, 5.74) is 10.4. The molecule has 1 heterocycles. The number of carbonyl (C=O) groups is 2. The Hall–Kier alpha value is -3.80. The molecule has 32 heavy (non-hydrogen) atoms. The average Bonchev–Trinajstić information content (AvgIpc) is 2.94. The second-order valence-electron chi connectivity index (χ2n) is 7.96. The minimum Gasteiger partial charge on any atom is -0.461 e. The van der Waals surface area contributed by atoms with Gasteiger partial charge in [0.2, 0.25) is 5.91 Å². The molecule has 1 unspecified atom stereocenters. The molecule has 6 nitrogen and oxygen atoms in total. The second kappa shape index (κ2) is 10.0. The Labute approximate surface area is 188 Å². The monoisotopic (exact) mass is 429 g/mol. The number of ether oxygens (including phenoxy) is 1. The molecule has 4 rings (SSSR count). The van der Waals surface area contributed by atoms with Gasteiger partial charge in [-0.05, 0) is 41.3 Å². The first-order chi connectivity index (χ1) is 15.6. The first kappa shape index (κ1) is 21.4. The number of nitrogens with zero attached hydrogens (tertiary/aromatic N) is 1. The molecule has 0 fully saturated rings. The molecule has 3 N–H and O–H groups in total. The summed E-state index contributed by atoms with van der Waals surface area (Å²) in [7, 11) is 0. The van der Waals surface area contributed by atoms with Crippen LogP contribution >= 0.6 is 0 Å². The van der Waals surface area contributed by atoms with Crippen molar-refractivity contribution < 1.29 is 14.3 Å². The highest BCUT2D eigenvalue weighted by Gasteiger charge is 2.31. The number of nitrogen functional groups attached to an aromatic ring is 1. The lowest BCUT2D eigenvalue weighted by atomic mass is 10.1. The molecule has 0 saturated heterocycles. The molecule has 6 heteroatoms. The molecule has 0 saturated carbocycles. The summed E-state index contributed by atoms with van der Waals surface area (Å²) in [6.07, 6.45) is 0.687. The lowest BCUT2D eigenvalue weighted by Crippen LogP contribution is -2.42. The second-order valence-corrected chi connectivity index (χ2v) is 7.96. The molecule has 0 aliphatic carbocycles. The fourth-order valence-electron chi connectivity index (χ4n) is 3.84. The summed E-state index contributed by atoms with van der Waals surface area (Å²) in [6, 6.07) is 24.4. The SMILES string of the molecule is Nc1ccc2c(c1)CN(CCc1ccccc1)C(=O)C(CC(=O)OCc1ccccc1)N2. The Morgan fingerprint density at radius 2 is 1.69 bits per heavy atom. The van der Waals surface area contributed by atoms with Crippen LogP contribution in [0.25, 0.3) is 0 Å². The van der Waals surface area contributed by atoms with E-state index in [0.29, 0.717) is 18.8 Å². The lowest BCUT2D eigenvalue weighted by molar-refractivity contribution is -0.147. The Morgan fingerprint density at radius 3 is 2.41 bits per heavy atom. The number of benzene rings is 3. The Bertz CT molecular complexity index is 1070. The Morgan fingerprint density at radius 1 is 1.00 bits per heavy atom. The van der Waals surface area contributed by atoms with Crippen LogP contribution in [0.3, 0.4) is 0 Å². The topological polar surface area (TPSA) is 84.7 Å². The largest absolute Gasteiger partial charge is 0.461 e. The van der Waals surface area contributed by atoms with Gasteiger partial charge >= 0.3 is 5.97 Å². The van der Waals surface area contributed by atoms with Crippen molar-refractivity contribution in [3.8, 4) is 0 Å². The van der Waals surface area contributed by atoms with Gasteiger partial charge in [-0.15, -0.1) is 0 Å². The van der Waals surface area contributed by atoms with Gasteiger partial charge in [0.25, 0.3) is 0 Å². The van der Waals surface area contributed by atoms with Crippen LogP contribution in [0, 0.1) is 0 Å². The fraction of sp³-hybridized carbons (Fsp3) is 0.231. The normalized spacial score (nSPS) is 15.4. The highest BCUT2D eigenvalue weighted by atomic mass is 16.5. The van der Waals surface area contributed by atoms with Crippen LogP contribution in [-0.2, 0) is 33.9 Å². The van der Waals surface area contributed by atoms with Crippen LogP contribution in [0.5, 0.6) is 0 Å². The summed E-state index contributed by atoms with van der Waals surface area (Å²) in [6.45, 7) is 1.17. The zero-order chi connectivity index (χ0) is 22.3. The van der Waals surface area contributed by atoms with Gasteiger partial charge in [0.1, 0.15) is 12.6 Å². The van der Waals surface area contributed by atoms with E-state index < -0.39 is 12.0 Å². The van der Waals surface area contributed by atoms with Gasteiger partial charge in [0.05, 0.1) is 6.42 Å². The number of carbonyl (C=O) groups excluding carboxylic acids is 2. The summed E-state index contributed by atoms with van der Waals surface area (Å²) < 4.78 is 5.42. The Kier molecular flexibility index (Phi) is 6.70. The fourth-order valence-corrected chi connectivity index (χ4v) is 3.84. The van der Waals surface area contributed by atoms with Crippen LogP contribution in [0.4, 0.5) is 11.4 Å². The molecule has 0 bridgehead atoms. The van der Waals surface area contributed by atoms with E-state index in [1.54, 1.807) is 11.0 Å². The zero-order valence-electron chi connectivity index (χ0n) is 17.9. The molecule has 164 valence electrons. The van der Waals surface area contributed by atoms with Gasteiger partial charge in [-0.25, -0.2) is 0 Å². The summed E-state index contributed by atoms with van der Waals surface area (Å²) >= 11 is 0. The third-order valence-corrected chi connectivity index (χ3v) is 5.56. The molecule has 1 aliphatic rings. The van der Waals surface area contributed by atoms with Crippen molar-refractivity contribution in [2.24, 2.45) is 0 Å². The summed E-state index contributed by atoms with van der Waals surface area (Å²) in [5.74, 6) is -0.533. The van der Waals surface area contributed by atoms with Crippen LogP contribution in [0.2, 0.25) is 0 Å². The van der Waals surface area contributed by atoms with Crippen molar-refractivity contribution in [3.05, 3.63) is 95.6 Å². The number of fused-ring (bicyclic) bond motifs is 1. The number of nitrogens with one attached hydrogen (secondary N) is 1. The maximum atomic E-state index is 13.4. The van der Waals surface area contributed by atoms with E-state index in [1.165, 1.54) is 0 Å². The van der Waals surface area contributed by atoms with Gasteiger partial charge in [-0.1, -0.05) is 60.7 Å². The number of anilines is 2. The van der Waals surface area contributed by atoms with E-state index >= 15 is 0 Å². The Balaban J connectivity index is 1.47. The predicted molar refractivity (Wildman–Crippen MR) is 125 cm³/mol. The van der Waals surface area contributed by atoms with Gasteiger partial charge in [0, 0.05) is 24.5 Å². The minimum atomic E-state index is -0.695. The van der Waals surface area contributed by atoms with Gasteiger partial charge in [0.15, 0.2) is 0 Å². The quantitative estimate of drug-likeness (QED) is 0.441. The van der Waals surface area contributed by atoms with Crippen molar-refractivity contribution in [1.82, 2.24) is 4.90 Å². The molecule has 0 radical (unpaired) electrons. The first-order valence-corrected chi connectivity index (χ1v) is 10.8. The molecular formula is C26H27N3O3. The van der Waals surface area contributed by atoms with E-state index in [-0.39, 0.29) is 18.9 Å². The smallest absolute Gasteiger partial charge is 0.308 e. The number of hydrogen-bond donors (Lipinski definition) is 2. The van der Waals surface area contributed by atoms with Crippen molar-refractivity contribution >= 4 is 23.3 Å². The zero-order valence-corrected chi connectivity index (χ0v) is 17.9. The first-order valence-electron chi connectivity index (χ1n) is 10.8. The van der Waals surface area contributed by atoms with E-state index in [4.69, 9.17) is 10.5 Å². The van der Waals surface area contributed by atoms with Crippen LogP contribution < -0.4 is 11.1 Å². The number of amides is 1. The maximum absolute atomic E-state index is 13.4. The van der Waals surface area contributed by atoms with E-state index in [1.807, 2.05) is 72.8 Å². The minimum absolute atomic E-state index is 0.0443. The third-order valence-electron chi connectivity index (χ3n) is 5.56. The van der Waals surface area contributed by atoms with Gasteiger partial charge in [-0.2, -0.15) is 0 Å². The predicted octanol–water partition coefficient (Wildman–Crippen LogP) is 3.77. The van der Waals surface area contributed by atoms with E-state index in [0.717, 1.165) is 28.8 Å². The summed E-state index contributed by atoms with van der Waals surface area (Å²) in [5, 5.41) is 3.25. The third kappa shape index (κ3) is 5.46. The van der Waals surface area contributed by atoms with Crippen molar-refractivity contribution in [3.63, 3.8) is 0 Å². The van der Waals surface area contributed by atoms with Crippen LogP contribution in [0.1, 0.15) is 23.1 Å². The van der Waals surface area contributed by atoms with Crippen LogP contribution in [-0.4, -0.2) is 29.4 Å².